The number of ether oxygens (including phenoxy) is 1. The van der Waals surface area contributed by atoms with Crippen molar-refractivity contribution in [3.05, 3.63) is 30.1 Å². The van der Waals surface area contributed by atoms with Gasteiger partial charge in [0.05, 0.1) is 24.2 Å². The van der Waals surface area contributed by atoms with Crippen LogP contribution in [0.5, 0.6) is 0 Å². The highest BCUT2D eigenvalue weighted by molar-refractivity contribution is 5.76. The van der Waals surface area contributed by atoms with Crippen LogP contribution in [0, 0.1) is 0 Å². The largest absolute Gasteiger partial charge is 0.379 e. The molecule has 0 aliphatic carbocycles. The molecule has 0 bridgehead atoms. The molecule has 0 saturated carbocycles. The average molecular weight is 316 g/mol. The van der Waals surface area contributed by atoms with E-state index in [1.165, 1.54) is 11.3 Å². The number of nitrogens with zero attached hydrogens (tertiary/aromatic N) is 4. The van der Waals surface area contributed by atoms with Crippen LogP contribution >= 0.6 is 0 Å². The molecule has 0 N–H and O–H groups in total. The van der Waals surface area contributed by atoms with Gasteiger partial charge in [-0.05, 0) is 33.2 Å². The monoisotopic (exact) mass is 316 g/mol. The number of aromatic nitrogens is 2. The van der Waals surface area contributed by atoms with E-state index in [4.69, 9.17) is 9.72 Å². The highest BCUT2D eigenvalue weighted by Crippen LogP contribution is 2.22. The van der Waals surface area contributed by atoms with Gasteiger partial charge in [-0.1, -0.05) is 12.1 Å². The fourth-order valence-electron chi connectivity index (χ4n) is 3.46. The lowest BCUT2D eigenvalue weighted by Crippen LogP contribution is -2.37. The van der Waals surface area contributed by atoms with Crippen molar-refractivity contribution in [2.24, 2.45) is 0 Å². The first kappa shape index (κ1) is 16.4. The van der Waals surface area contributed by atoms with Crippen LogP contribution in [0.4, 0.5) is 0 Å². The van der Waals surface area contributed by atoms with Crippen molar-refractivity contribution < 1.29 is 4.74 Å². The van der Waals surface area contributed by atoms with E-state index >= 15 is 0 Å². The fraction of sp³-hybridized carbons (Fsp3) is 0.611. The van der Waals surface area contributed by atoms with E-state index in [1.807, 2.05) is 0 Å². The summed E-state index contributed by atoms with van der Waals surface area (Å²) in [5, 5.41) is 0. The predicted molar refractivity (Wildman–Crippen MR) is 94.0 cm³/mol. The molecule has 5 heteroatoms. The van der Waals surface area contributed by atoms with Gasteiger partial charge in [0.15, 0.2) is 0 Å². The van der Waals surface area contributed by atoms with E-state index in [9.17, 15) is 0 Å². The zero-order chi connectivity index (χ0) is 16.2. The average Bonchev–Trinajstić information content (AvgIpc) is 2.91. The summed E-state index contributed by atoms with van der Waals surface area (Å²) in [6.07, 6.45) is 0.993. The Kier molecular flexibility index (Phi) is 5.30. The smallest absolute Gasteiger partial charge is 0.111 e. The number of hydrogen-bond donors (Lipinski definition) is 0. The van der Waals surface area contributed by atoms with Crippen LogP contribution in [0.25, 0.3) is 11.0 Å². The second-order valence-electron chi connectivity index (χ2n) is 6.70. The lowest BCUT2D eigenvalue weighted by atomic mass is 10.2. The van der Waals surface area contributed by atoms with Crippen LogP contribution in [0.2, 0.25) is 0 Å². The molecule has 1 aliphatic rings. The number of imidazole rings is 1. The van der Waals surface area contributed by atoms with Gasteiger partial charge in [0, 0.05) is 38.6 Å². The van der Waals surface area contributed by atoms with Crippen molar-refractivity contribution in [2.75, 3.05) is 53.5 Å². The molecule has 0 amide bonds. The molecule has 1 aromatic heterocycles. The maximum Gasteiger partial charge on any atom is 0.111 e. The van der Waals surface area contributed by atoms with Gasteiger partial charge in [-0.25, -0.2) is 4.98 Å². The van der Waals surface area contributed by atoms with Gasteiger partial charge in [-0.2, -0.15) is 0 Å². The summed E-state index contributed by atoms with van der Waals surface area (Å²) in [5.74, 6) is 1.20. The summed E-state index contributed by atoms with van der Waals surface area (Å²) < 4.78 is 7.86. The summed E-state index contributed by atoms with van der Waals surface area (Å²) in [5.41, 5.74) is 2.36. The molecular weight excluding hydrogens is 288 g/mol. The Morgan fingerprint density at radius 2 is 1.96 bits per heavy atom. The summed E-state index contributed by atoms with van der Waals surface area (Å²) in [4.78, 5) is 9.63. The predicted octanol–water partition coefficient (Wildman–Crippen LogP) is 2.03. The van der Waals surface area contributed by atoms with Gasteiger partial charge in [-0.15, -0.1) is 0 Å². The number of benzene rings is 1. The molecular formula is C18H28N4O. The number of para-hydroxylation sites is 2. The van der Waals surface area contributed by atoms with Gasteiger partial charge < -0.3 is 14.2 Å². The third-order valence-corrected chi connectivity index (χ3v) is 4.49. The molecule has 1 atom stereocenters. The maximum absolute atomic E-state index is 5.44. The Hall–Kier alpha value is -1.43. The minimum absolute atomic E-state index is 0.414. The molecule has 3 rings (SSSR count). The first-order valence-electron chi connectivity index (χ1n) is 8.56. The molecule has 126 valence electrons. The van der Waals surface area contributed by atoms with E-state index < -0.39 is 0 Å². The van der Waals surface area contributed by atoms with Gasteiger partial charge >= 0.3 is 0 Å². The lowest BCUT2D eigenvalue weighted by Gasteiger charge is -2.27. The maximum atomic E-state index is 5.44. The van der Waals surface area contributed by atoms with E-state index in [0.717, 1.165) is 51.3 Å². The van der Waals surface area contributed by atoms with Gasteiger partial charge in [0.25, 0.3) is 0 Å². The van der Waals surface area contributed by atoms with Gasteiger partial charge in [0.2, 0.25) is 0 Å². The molecule has 2 heterocycles. The normalized spacial score (nSPS) is 17.9. The van der Waals surface area contributed by atoms with E-state index in [1.54, 1.807) is 0 Å². The highest BCUT2D eigenvalue weighted by Gasteiger charge is 2.18. The van der Waals surface area contributed by atoms with Crippen LogP contribution in [0.15, 0.2) is 24.3 Å². The number of likely N-dealkylation sites (N-methyl/N-ethyl adjacent to an activating group) is 1. The summed E-state index contributed by atoms with van der Waals surface area (Å²) in [7, 11) is 4.26. The quantitative estimate of drug-likeness (QED) is 0.816. The van der Waals surface area contributed by atoms with Crippen molar-refractivity contribution >= 4 is 11.0 Å². The number of fused-ring (bicyclic) bond motifs is 1. The molecule has 1 saturated heterocycles. The Morgan fingerprint density at radius 1 is 1.22 bits per heavy atom. The fourth-order valence-corrected chi connectivity index (χ4v) is 3.46. The van der Waals surface area contributed by atoms with Gasteiger partial charge in [-0.3, -0.25) is 4.90 Å². The van der Waals surface area contributed by atoms with Crippen LogP contribution in [0.1, 0.15) is 18.8 Å². The molecule has 1 unspecified atom stereocenters. The number of morpholine rings is 1. The Bertz CT molecular complexity index is 631. The summed E-state index contributed by atoms with van der Waals surface area (Å²) in [6, 6.07) is 8.90. The second kappa shape index (κ2) is 7.43. The lowest BCUT2D eigenvalue weighted by molar-refractivity contribution is 0.0381. The van der Waals surface area contributed by atoms with E-state index in [-0.39, 0.29) is 0 Å². The van der Waals surface area contributed by atoms with Crippen LogP contribution in [-0.2, 0) is 11.2 Å². The minimum Gasteiger partial charge on any atom is -0.379 e. The molecule has 23 heavy (non-hydrogen) atoms. The first-order valence-corrected chi connectivity index (χ1v) is 8.56. The molecule has 1 aromatic carbocycles. The van der Waals surface area contributed by atoms with Crippen molar-refractivity contribution in [1.82, 2.24) is 19.4 Å². The summed E-state index contributed by atoms with van der Waals surface area (Å²) in [6.45, 7) is 8.14. The molecule has 0 spiro atoms. The third kappa shape index (κ3) is 3.91. The molecule has 5 nitrogen and oxygen atoms in total. The van der Waals surface area contributed by atoms with Crippen LogP contribution in [0.3, 0.4) is 0 Å². The second-order valence-corrected chi connectivity index (χ2v) is 6.70. The zero-order valence-electron chi connectivity index (χ0n) is 14.5. The molecule has 0 radical (unpaired) electrons. The molecule has 1 aliphatic heterocycles. The van der Waals surface area contributed by atoms with Crippen molar-refractivity contribution in [1.29, 1.82) is 0 Å². The SMILES string of the molecule is CC(CN(C)C)n1c(CCN2CCOCC2)nc2ccccc21. The van der Waals surface area contributed by atoms with Crippen molar-refractivity contribution in [2.45, 2.75) is 19.4 Å². The molecule has 1 fully saturated rings. The van der Waals surface area contributed by atoms with Crippen LogP contribution < -0.4 is 0 Å². The minimum atomic E-state index is 0.414. The Labute approximate surface area is 138 Å². The van der Waals surface area contributed by atoms with Crippen molar-refractivity contribution in [3.8, 4) is 0 Å². The first-order chi connectivity index (χ1) is 11.1. The number of rotatable bonds is 6. The van der Waals surface area contributed by atoms with Crippen LogP contribution in [-0.4, -0.2) is 72.8 Å². The highest BCUT2D eigenvalue weighted by atomic mass is 16.5. The van der Waals surface area contributed by atoms with Gasteiger partial charge in [0.1, 0.15) is 5.82 Å². The third-order valence-electron chi connectivity index (χ3n) is 4.49. The zero-order valence-corrected chi connectivity index (χ0v) is 14.5. The Morgan fingerprint density at radius 3 is 2.70 bits per heavy atom. The topological polar surface area (TPSA) is 33.5 Å². The van der Waals surface area contributed by atoms with Crippen molar-refractivity contribution in [3.63, 3.8) is 0 Å². The Balaban J connectivity index is 1.82. The van der Waals surface area contributed by atoms with E-state index in [0.29, 0.717) is 6.04 Å². The number of hydrogen-bond acceptors (Lipinski definition) is 4. The summed E-state index contributed by atoms with van der Waals surface area (Å²) >= 11 is 0. The molecule has 2 aromatic rings. The van der Waals surface area contributed by atoms with E-state index in [2.05, 4.69) is 59.7 Å². The standard InChI is InChI=1S/C18H28N4O/c1-15(14-20(2)3)22-17-7-5-4-6-16(17)19-18(22)8-9-21-10-12-23-13-11-21/h4-7,15H,8-14H2,1-3H3.